The highest BCUT2D eigenvalue weighted by Gasteiger charge is 2.24. The van der Waals surface area contributed by atoms with Crippen molar-refractivity contribution in [2.45, 2.75) is 20.3 Å². The number of esters is 1. The number of rotatable bonds is 6. The molecular weight excluding hydrogens is 252 g/mol. The number of carbonyl (C=O) groups excluding carboxylic acids is 1. The van der Waals surface area contributed by atoms with Gasteiger partial charge in [-0.2, -0.15) is 0 Å². The van der Waals surface area contributed by atoms with Crippen molar-refractivity contribution in [1.29, 1.82) is 0 Å². The first-order valence-electron chi connectivity index (χ1n) is 5.91. The van der Waals surface area contributed by atoms with Crippen LogP contribution in [0.1, 0.15) is 29.9 Å². The van der Waals surface area contributed by atoms with Crippen molar-refractivity contribution in [2.24, 2.45) is 0 Å². The minimum Gasteiger partial charge on any atom is -0.492 e. The van der Waals surface area contributed by atoms with Crippen molar-refractivity contribution in [3.05, 3.63) is 4.88 Å². The molecule has 1 rings (SSSR count). The van der Waals surface area contributed by atoms with Crippen molar-refractivity contribution in [3.63, 3.8) is 0 Å². The summed E-state index contributed by atoms with van der Waals surface area (Å²) in [5.41, 5.74) is 6.30. The Balaban J connectivity index is 3.12. The van der Waals surface area contributed by atoms with Crippen LogP contribution in [-0.2, 0) is 4.74 Å². The molecule has 2 N–H and O–H groups in total. The summed E-state index contributed by atoms with van der Waals surface area (Å²) in [4.78, 5) is 14.2. The van der Waals surface area contributed by atoms with Gasteiger partial charge in [-0.25, -0.2) is 4.79 Å². The number of nitrogens with zero attached hydrogens (tertiary/aromatic N) is 1. The Morgan fingerprint density at radius 3 is 2.61 bits per heavy atom. The van der Waals surface area contributed by atoms with Crippen molar-refractivity contribution in [2.75, 3.05) is 37.9 Å². The minimum atomic E-state index is -0.394. The first kappa shape index (κ1) is 14.6. The fourth-order valence-corrected chi connectivity index (χ4v) is 2.72. The second-order valence-corrected chi connectivity index (χ2v) is 4.82. The number of nitrogen functional groups attached to an aromatic ring is 1. The summed E-state index contributed by atoms with van der Waals surface area (Å²) in [7, 11) is 3.50. The summed E-state index contributed by atoms with van der Waals surface area (Å²) in [6.07, 6.45) is 1.01. The molecule has 0 saturated carbocycles. The molecule has 1 heterocycles. The van der Waals surface area contributed by atoms with E-state index in [2.05, 4.69) is 6.92 Å². The molecule has 0 aromatic carbocycles. The van der Waals surface area contributed by atoms with Gasteiger partial charge in [-0.05, 0) is 13.3 Å². The molecule has 0 atom stereocenters. The summed E-state index contributed by atoms with van der Waals surface area (Å²) in [6.45, 7) is 5.06. The maximum absolute atomic E-state index is 11.8. The van der Waals surface area contributed by atoms with Gasteiger partial charge in [0.05, 0.1) is 13.7 Å². The Bertz CT molecular complexity index is 418. The fourth-order valence-electron chi connectivity index (χ4n) is 1.65. The van der Waals surface area contributed by atoms with E-state index in [1.807, 2.05) is 11.9 Å². The van der Waals surface area contributed by atoms with Crippen molar-refractivity contribution >= 4 is 28.0 Å². The Morgan fingerprint density at radius 1 is 1.44 bits per heavy atom. The number of hydrogen-bond acceptors (Lipinski definition) is 6. The standard InChI is InChI=1S/C12H20N2O3S/c1-5-7-14(3)11-9(16-4)8(13)10(18-11)12(15)17-6-2/h5-7,13H2,1-4H3. The molecule has 6 heteroatoms. The second-order valence-electron chi connectivity index (χ2n) is 3.83. The zero-order valence-corrected chi connectivity index (χ0v) is 12.1. The van der Waals surface area contributed by atoms with Crippen molar-refractivity contribution in [3.8, 4) is 5.75 Å². The van der Waals surface area contributed by atoms with Gasteiger partial charge in [0, 0.05) is 13.6 Å². The lowest BCUT2D eigenvalue weighted by molar-refractivity contribution is 0.0533. The van der Waals surface area contributed by atoms with Crippen LogP contribution >= 0.6 is 11.3 Å². The Kier molecular flexibility index (Phi) is 5.27. The van der Waals surface area contributed by atoms with E-state index in [0.29, 0.717) is 22.9 Å². The summed E-state index contributed by atoms with van der Waals surface area (Å²) < 4.78 is 10.3. The number of thiophene rings is 1. The Morgan fingerprint density at radius 2 is 2.11 bits per heavy atom. The lowest BCUT2D eigenvalue weighted by atomic mass is 10.3. The van der Waals surface area contributed by atoms with Gasteiger partial charge >= 0.3 is 5.97 Å². The van der Waals surface area contributed by atoms with Crippen molar-refractivity contribution in [1.82, 2.24) is 0 Å². The van der Waals surface area contributed by atoms with Gasteiger partial charge in [-0.15, -0.1) is 11.3 Å². The molecule has 0 saturated heterocycles. The van der Waals surface area contributed by atoms with E-state index in [1.165, 1.54) is 11.3 Å². The zero-order valence-electron chi connectivity index (χ0n) is 11.3. The number of ether oxygens (including phenoxy) is 2. The number of methoxy groups -OCH3 is 1. The van der Waals surface area contributed by atoms with Gasteiger partial charge < -0.3 is 20.1 Å². The highest BCUT2D eigenvalue weighted by Crippen LogP contribution is 2.44. The predicted octanol–water partition coefficient (Wildman–Crippen LogP) is 2.36. The maximum atomic E-state index is 11.8. The molecule has 18 heavy (non-hydrogen) atoms. The lowest BCUT2D eigenvalue weighted by Crippen LogP contribution is -2.17. The van der Waals surface area contributed by atoms with Gasteiger partial charge in [0.15, 0.2) is 5.75 Å². The van der Waals surface area contributed by atoms with Gasteiger partial charge in [0.25, 0.3) is 0 Å². The summed E-state index contributed by atoms with van der Waals surface area (Å²) in [5, 5.41) is 0.861. The smallest absolute Gasteiger partial charge is 0.350 e. The van der Waals surface area contributed by atoms with E-state index in [4.69, 9.17) is 15.2 Å². The molecule has 0 aliphatic heterocycles. The zero-order chi connectivity index (χ0) is 13.7. The summed E-state index contributed by atoms with van der Waals surface area (Å²) >= 11 is 1.31. The molecule has 0 bridgehead atoms. The molecule has 0 unspecified atom stereocenters. The number of anilines is 2. The van der Waals surface area contributed by atoms with E-state index in [9.17, 15) is 4.79 Å². The van der Waals surface area contributed by atoms with Gasteiger partial charge in [0.1, 0.15) is 15.6 Å². The van der Waals surface area contributed by atoms with Crippen LogP contribution < -0.4 is 15.4 Å². The third-order valence-corrected chi connectivity index (χ3v) is 3.73. The minimum absolute atomic E-state index is 0.332. The van der Waals surface area contributed by atoms with Gasteiger partial charge in [-0.1, -0.05) is 6.92 Å². The van der Waals surface area contributed by atoms with E-state index in [0.717, 1.165) is 18.0 Å². The monoisotopic (exact) mass is 272 g/mol. The van der Waals surface area contributed by atoms with E-state index >= 15 is 0 Å². The van der Waals surface area contributed by atoms with Crippen molar-refractivity contribution < 1.29 is 14.3 Å². The largest absolute Gasteiger partial charge is 0.492 e. The predicted molar refractivity (Wildman–Crippen MR) is 74.8 cm³/mol. The maximum Gasteiger partial charge on any atom is 0.350 e. The molecule has 0 fully saturated rings. The number of nitrogens with two attached hydrogens (primary N) is 1. The van der Waals surface area contributed by atoms with Crippen LogP contribution in [0.5, 0.6) is 5.75 Å². The van der Waals surface area contributed by atoms with Crippen LogP contribution in [0.4, 0.5) is 10.7 Å². The van der Waals surface area contributed by atoms with Gasteiger partial charge in [-0.3, -0.25) is 0 Å². The van der Waals surface area contributed by atoms with Crippen LogP contribution in [0, 0.1) is 0 Å². The number of hydrogen-bond donors (Lipinski definition) is 1. The normalized spacial score (nSPS) is 10.2. The molecule has 1 aromatic rings. The average Bonchev–Trinajstić information content (AvgIpc) is 2.67. The summed E-state index contributed by atoms with van der Waals surface area (Å²) in [5.74, 6) is 0.161. The number of carbonyl (C=O) groups is 1. The third-order valence-electron chi connectivity index (χ3n) is 2.45. The molecule has 1 aromatic heterocycles. The third kappa shape index (κ3) is 2.87. The molecule has 102 valence electrons. The molecule has 0 aliphatic rings. The Labute approximate surface area is 111 Å². The highest BCUT2D eigenvalue weighted by atomic mass is 32.1. The summed E-state index contributed by atoms with van der Waals surface area (Å²) in [6, 6.07) is 0. The highest BCUT2D eigenvalue weighted by molar-refractivity contribution is 7.19. The fraction of sp³-hybridized carbons (Fsp3) is 0.583. The average molecular weight is 272 g/mol. The second kappa shape index (κ2) is 6.49. The molecule has 0 radical (unpaired) electrons. The van der Waals surface area contributed by atoms with Crippen LogP contribution in [0.25, 0.3) is 0 Å². The van der Waals surface area contributed by atoms with Crippen LogP contribution in [0.15, 0.2) is 0 Å². The van der Waals surface area contributed by atoms with E-state index in [-0.39, 0.29) is 0 Å². The molecule has 5 nitrogen and oxygen atoms in total. The van der Waals surface area contributed by atoms with E-state index in [1.54, 1.807) is 14.0 Å². The lowest BCUT2D eigenvalue weighted by Gasteiger charge is -2.17. The first-order chi connectivity index (χ1) is 8.56. The first-order valence-corrected chi connectivity index (χ1v) is 6.72. The molecule has 0 spiro atoms. The quantitative estimate of drug-likeness (QED) is 0.805. The van der Waals surface area contributed by atoms with Crippen LogP contribution in [-0.4, -0.2) is 33.3 Å². The Hall–Kier alpha value is -1.43. The van der Waals surface area contributed by atoms with Crippen LogP contribution in [0.3, 0.4) is 0 Å². The molecule has 0 aliphatic carbocycles. The van der Waals surface area contributed by atoms with Crippen LogP contribution in [0.2, 0.25) is 0 Å². The van der Waals surface area contributed by atoms with E-state index < -0.39 is 5.97 Å². The van der Waals surface area contributed by atoms with Gasteiger partial charge in [0.2, 0.25) is 0 Å². The molecular formula is C12H20N2O3S. The topological polar surface area (TPSA) is 64.8 Å². The molecule has 0 amide bonds. The SMILES string of the molecule is CCCN(C)c1sc(C(=O)OCC)c(N)c1OC.